The van der Waals surface area contributed by atoms with Gasteiger partial charge in [0.1, 0.15) is 0 Å². The van der Waals surface area contributed by atoms with Crippen LogP contribution < -0.4 is 5.73 Å². The van der Waals surface area contributed by atoms with Gasteiger partial charge in [-0.2, -0.15) is 0 Å². The van der Waals surface area contributed by atoms with Crippen molar-refractivity contribution in [3.05, 3.63) is 36.0 Å². The molecule has 1 atom stereocenters. The van der Waals surface area contributed by atoms with Gasteiger partial charge in [0.15, 0.2) is 0 Å². The van der Waals surface area contributed by atoms with Crippen molar-refractivity contribution >= 4 is 10.9 Å². The van der Waals surface area contributed by atoms with Gasteiger partial charge >= 0.3 is 0 Å². The number of rotatable bonds is 4. The number of H-pyrrole nitrogens is 1. The summed E-state index contributed by atoms with van der Waals surface area (Å²) in [4.78, 5) is 3.34. The van der Waals surface area contributed by atoms with Crippen LogP contribution in [0.3, 0.4) is 0 Å². The minimum absolute atomic E-state index is 0.557. The van der Waals surface area contributed by atoms with Crippen molar-refractivity contribution < 1.29 is 0 Å². The number of para-hydroxylation sites is 1. The Bertz CT molecular complexity index is 456. The third-order valence-electron chi connectivity index (χ3n) is 3.30. The van der Waals surface area contributed by atoms with Gasteiger partial charge in [-0.3, -0.25) is 0 Å². The average molecular weight is 216 g/mol. The number of aromatic nitrogens is 1. The van der Waals surface area contributed by atoms with Gasteiger partial charge in [0.25, 0.3) is 0 Å². The molecule has 1 aromatic carbocycles. The molecule has 0 saturated heterocycles. The molecule has 0 radical (unpaired) electrons. The maximum atomic E-state index is 5.71. The highest BCUT2D eigenvalue weighted by molar-refractivity contribution is 5.83. The molecule has 0 bridgehead atoms. The van der Waals surface area contributed by atoms with Gasteiger partial charge in [-0.25, -0.2) is 0 Å². The van der Waals surface area contributed by atoms with Crippen molar-refractivity contribution in [2.75, 3.05) is 6.54 Å². The minimum atomic E-state index is 0.557. The zero-order valence-electron chi connectivity index (χ0n) is 10.0. The molecule has 3 N–H and O–H groups in total. The monoisotopic (exact) mass is 216 g/mol. The van der Waals surface area contributed by atoms with Crippen molar-refractivity contribution in [1.29, 1.82) is 0 Å². The zero-order chi connectivity index (χ0) is 11.5. The molecule has 2 rings (SSSR count). The van der Waals surface area contributed by atoms with Gasteiger partial charge in [0, 0.05) is 17.1 Å². The maximum absolute atomic E-state index is 5.71. The number of fused-ring (bicyclic) bond motifs is 1. The van der Waals surface area contributed by atoms with E-state index < -0.39 is 0 Å². The van der Waals surface area contributed by atoms with Crippen LogP contribution >= 0.6 is 0 Å². The maximum Gasteiger partial charge on any atom is 0.0456 e. The number of hydrogen-bond acceptors (Lipinski definition) is 1. The lowest BCUT2D eigenvalue weighted by Gasteiger charge is -2.19. The molecule has 0 aliphatic heterocycles. The highest BCUT2D eigenvalue weighted by Gasteiger charge is 2.18. The predicted molar refractivity (Wildman–Crippen MR) is 69.5 cm³/mol. The van der Waals surface area contributed by atoms with Gasteiger partial charge < -0.3 is 10.7 Å². The number of nitrogens with one attached hydrogen (secondary N) is 1. The summed E-state index contributed by atoms with van der Waals surface area (Å²) in [5.41, 5.74) is 8.34. The summed E-state index contributed by atoms with van der Waals surface area (Å²) < 4.78 is 0. The smallest absolute Gasteiger partial charge is 0.0456 e. The summed E-state index contributed by atoms with van der Waals surface area (Å²) in [7, 11) is 0. The van der Waals surface area contributed by atoms with Crippen LogP contribution in [0.4, 0.5) is 0 Å². The lowest BCUT2D eigenvalue weighted by Crippen LogP contribution is -2.12. The molecular formula is C14H20N2. The standard InChI is InChI=1S/C14H20N2/c1-10(2)11(7-8-15)13-9-16-14-6-4-3-5-12(13)14/h3-6,9-11,16H,7-8,15H2,1-2H3. The van der Waals surface area contributed by atoms with Crippen molar-refractivity contribution in [3.63, 3.8) is 0 Å². The molecule has 0 saturated carbocycles. The Balaban J connectivity index is 2.44. The van der Waals surface area contributed by atoms with E-state index in [-0.39, 0.29) is 0 Å². The van der Waals surface area contributed by atoms with Crippen LogP contribution in [0, 0.1) is 5.92 Å². The highest BCUT2D eigenvalue weighted by atomic mass is 14.7. The van der Waals surface area contributed by atoms with Crippen LogP contribution in [0.5, 0.6) is 0 Å². The normalized spacial score (nSPS) is 13.5. The van der Waals surface area contributed by atoms with E-state index in [1.54, 1.807) is 0 Å². The minimum Gasteiger partial charge on any atom is -0.361 e. The lowest BCUT2D eigenvalue weighted by atomic mass is 9.86. The van der Waals surface area contributed by atoms with Crippen LogP contribution in [0.1, 0.15) is 31.7 Å². The second-order valence-corrected chi connectivity index (χ2v) is 4.72. The Hall–Kier alpha value is -1.28. The molecule has 86 valence electrons. The van der Waals surface area contributed by atoms with Gasteiger partial charge in [0.2, 0.25) is 0 Å². The molecule has 1 heterocycles. The molecule has 2 nitrogen and oxygen atoms in total. The quantitative estimate of drug-likeness (QED) is 0.809. The third-order valence-corrected chi connectivity index (χ3v) is 3.30. The SMILES string of the molecule is CC(C)C(CCN)c1c[nH]c2ccccc12. The molecule has 1 unspecified atom stereocenters. The first-order valence-electron chi connectivity index (χ1n) is 6.00. The Kier molecular flexibility index (Phi) is 3.30. The number of nitrogens with two attached hydrogens (primary N) is 1. The largest absolute Gasteiger partial charge is 0.361 e. The Morgan fingerprint density at radius 1 is 1.25 bits per heavy atom. The number of hydrogen-bond donors (Lipinski definition) is 2. The van der Waals surface area contributed by atoms with Crippen LogP contribution in [0.15, 0.2) is 30.5 Å². The predicted octanol–water partition coefficient (Wildman–Crippen LogP) is 3.26. The fourth-order valence-corrected chi connectivity index (χ4v) is 2.43. The Morgan fingerprint density at radius 2 is 2.00 bits per heavy atom. The molecule has 2 aromatic rings. The number of benzene rings is 1. The van der Waals surface area contributed by atoms with E-state index in [4.69, 9.17) is 5.73 Å². The molecule has 1 aromatic heterocycles. The van der Waals surface area contributed by atoms with E-state index in [9.17, 15) is 0 Å². The topological polar surface area (TPSA) is 41.8 Å². The van der Waals surface area contributed by atoms with E-state index >= 15 is 0 Å². The summed E-state index contributed by atoms with van der Waals surface area (Å²) in [5, 5.41) is 1.34. The molecule has 0 aliphatic rings. The molecular weight excluding hydrogens is 196 g/mol. The van der Waals surface area contributed by atoms with E-state index in [1.807, 2.05) is 0 Å². The van der Waals surface area contributed by atoms with Crippen LogP contribution in [0.25, 0.3) is 10.9 Å². The van der Waals surface area contributed by atoms with Crippen LogP contribution in [-0.2, 0) is 0 Å². The highest BCUT2D eigenvalue weighted by Crippen LogP contribution is 2.32. The molecule has 0 aliphatic carbocycles. The Labute approximate surface area is 96.9 Å². The second-order valence-electron chi connectivity index (χ2n) is 4.72. The van der Waals surface area contributed by atoms with E-state index in [0.717, 1.165) is 13.0 Å². The summed E-state index contributed by atoms with van der Waals surface area (Å²) in [5.74, 6) is 1.18. The van der Waals surface area contributed by atoms with Gasteiger partial charge in [-0.1, -0.05) is 32.0 Å². The molecule has 0 fully saturated rings. The summed E-state index contributed by atoms with van der Waals surface area (Å²) >= 11 is 0. The van der Waals surface area contributed by atoms with Crippen molar-refractivity contribution in [2.24, 2.45) is 11.7 Å². The van der Waals surface area contributed by atoms with Crippen LogP contribution in [-0.4, -0.2) is 11.5 Å². The fraction of sp³-hybridized carbons (Fsp3) is 0.429. The first-order valence-corrected chi connectivity index (χ1v) is 6.00. The van der Waals surface area contributed by atoms with Crippen molar-refractivity contribution in [2.45, 2.75) is 26.2 Å². The zero-order valence-corrected chi connectivity index (χ0v) is 10.0. The fourth-order valence-electron chi connectivity index (χ4n) is 2.43. The molecule has 0 amide bonds. The van der Waals surface area contributed by atoms with Gasteiger partial charge in [-0.15, -0.1) is 0 Å². The first-order chi connectivity index (χ1) is 7.74. The summed E-state index contributed by atoms with van der Waals surface area (Å²) in [6, 6.07) is 8.47. The van der Waals surface area contributed by atoms with E-state index in [2.05, 4.69) is 49.3 Å². The molecule has 16 heavy (non-hydrogen) atoms. The number of aromatic amines is 1. The van der Waals surface area contributed by atoms with Crippen molar-refractivity contribution in [3.8, 4) is 0 Å². The Morgan fingerprint density at radius 3 is 2.69 bits per heavy atom. The van der Waals surface area contributed by atoms with E-state index in [1.165, 1.54) is 16.5 Å². The average Bonchev–Trinajstić information content (AvgIpc) is 2.69. The third kappa shape index (κ3) is 1.98. The van der Waals surface area contributed by atoms with Gasteiger partial charge in [0.05, 0.1) is 0 Å². The molecule has 2 heteroatoms. The lowest BCUT2D eigenvalue weighted by molar-refractivity contribution is 0.476. The molecule has 0 spiro atoms. The van der Waals surface area contributed by atoms with Gasteiger partial charge in [-0.05, 0) is 36.4 Å². The van der Waals surface area contributed by atoms with Crippen LogP contribution in [0.2, 0.25) is 0 Å². The van der Waals surface area contributed by atoms with Crippen molar-refractivity contribution in [1.82, 2.24) is 4.98 Å². The van der Waals surface area contributed by atoms with E-state index in [0.29, 0.717) is 11.8 Å². The first kappa shape index (κ1) is 11.2. The second kappa shape index (κ2) is 4.71. The summed E-state index contributed by atoms with van der Waals surface area (Å²) in [6.45, 7) is 5.28. The summed E-state index contributed by atoms with van der Waals surface area (Å²) in [6.07, 6.45) is 3.20.